The first-order chi connectivity index (χ1) is 6.82. The molecule has 5 heteroatoms. The van der Waals surface area contributed by atoms with Crippen molar-refractivity contribution in [2.75, 3.05) is 6.26 Å². The van der Waals surface area contributed by atoms with E-state index < -0.39 is 21.3 Å². The molecule has 2 unspecified atom stereocenters. The van der Waals surface area contributed by atoms with Crippen molar-refractivity contribution >= 4 is 21.4 Å². The molecule has 0 bridgehead atoms. The van der Waals surface area contributed by atoms with E-state index in [1.807, 2.05) is 0 Å². The van der Waals surface area contributed by atoms with Crippen LogP contribution < -0.4 is 0 Å². The Morgan fingerprint density at radius 2 is 1.73 bits per heavy atom. The lowest BCUT2D eigenvalue weighted by Gasteiger charge is -2.13. The molecule has 84 valence electrons. The summed E-state index contributed by atoms with van der Waals surface area (Å²) in [4.78, 5) is 0.237. The van der Waals surface area contributed by atoms with Gasteiger partial charge in [-0.05, 0) is 24.6 Å². The summed E-state index contributed by atoms with van der Waals surface area (Å²) in [5, 5.41) is 9.20. The first kappa shape index (κ1) is 12.5. The minimum absolute atomic E-state index is 0.237. The standard InChI is InChI=1S/C10H13ClO3S/c1-7(11)10(12)8-3-5-9(6-4-8)15(2,13)14/h3-7,10,12H,1-2H3. The fraction of sp³-hybridized carbons (Fsp3) is 0.400. The second-order valence-corrected chi connectivity index (χ2v) is 6.17. The van der Waals surface area contributed by atoms with E-state index in [2.05, 4.69) is 0 Å². The molecule has 0 radical (unpaired) electrons. The first-order valence-electron chi connectivity index (χ1n) is 4.44. The highest BCUT2D eigenvalue weighted by Gasteiger charge is 2.14. The average molecular weight is 249 g/mol. The monoisotopic (exact) mass is 248 g/mol. The molecule has 0 aliphatic rings. The van der Waals surface area contributed by atoms with Crippen LogP contribution in [0.15, 0.2) is 29.2 Å². The van der Waals surface area contributed by atoms with Gasteiger partial charge in [-0.25, -0.2) is 8.42 Å². The number of aliphatic hydroxyl groups is 1. The minimum atomic E-state index is -3.18. The Labute approximate surface area is 94.6 Å². The molecule has 3 nitrogen and oxygen atoms in total. The van der Waals surface area contributed by atoms with Crippen LogP contribution in [0.3, 0.4) is 0 Å². The van der Waals surface area contributed by atoms with Crippen molar-refractivity contribution in [3.8, 4) is 0 Å². The van der Waals surface area contributed by atoms with Gasteiger partial charge in [0.05, 0.1) is 16.4 Å². The zero-order chi connectivity index (χ0) is 11.6. The smallest absolute Gasteiger partial charge is 0.175 e. The number of benzene rings is 1. The van der Waals surface area contributed by atoms with Crippen molar-refractivity contribution in [2.24, 2.45) is 0 Å². The quantitative estimate of drug-likeness (QED) is 0.830. The SMILES string of the molecule is CC(Cl)C(O)c1ccc(S(C)(=O)=O)cc1. The number of hydrogen-bond donors (Lipinski definition) is 1. The van der Waals surface area contributed by atoms with Crippen LogP contribution in [0, 0.1) is 0 Å². The molecule has 0 aliphatic carbocycles. The Bertz CT molecular complexity index is 422. The van der Waals surface area contributed by atoms with Crippen molar-refractivity contribution in [1.82, 2.24) is 0 Å². The van der Waals surface area contributed by atoms with Gasteiger partial charge >= 0.3 is 0 Å². The number of rotatable bonds is 3. The molecule has 0 aromatic heterocycles. The van der Waals surface area contributed by atoms with Gasteiger partial charge in [-0.1, -0.05) is 12.1 Å². The normalized spacial score (nSPS) is 16.0. The summed E-state index contributed by atoms with van der Waals surface area (Å²) in [6, 6.07) is 6.07. The van der Waals surface area contributed by atoms with Crippen LogP contribution in [0.25, 0.3) is 0 Å². The molecule has 0 saturated heterocycles. The zero-order valence-electron chi connectivity index (χ0n) is 8.51. The second-order valence-electron chi connectivity index (χ2n) is 3.46. The lowest BCUT2D eigenvalue weighted by molar-refractivity contribution is 0.177. The third-order valence-electron chi connectivity index (χ3n) is 2.08. The van der Waals surface area contributed by atoms with E-state index in [1.54, 1.807) is 19.1 Å². The van der Waals surface area contributed by atoms with E-state index in [0.29, 0.717) is 5.56 Å². The Hall–Kier alpha value is -0.580. The largest absolute Gasteiger partial charge is 0.387 e. The van der Waals surface area contributed by atoms with Crippen molar-refractivity contribution in [3.05, 3.63) is 29.8 Å². The molecule has 1 aromatic carbocycles. The predicted octanol–water partition coefficient (Wildman–Crippen LogP) is 1.75. The summed E-state index contributed by atoms with van der Waals surface area (Å²) in [6.07, 6.45) is 0.364. The molecule has 1 aromatic rings. The highest BCUT2D eigenvalue weighted by molar-refractivity contribution is 7.90. The average Bonchev–Trinajstić information content (AvgIpc) is 2.15. The summed E-state index contributed by atoms with van der Waals surface area (Å²) < 4.78 is 22.3. The summed E-state index contributed by atoms with van der Waals surface area (Å²) in [6.45, 7) is 1.68. The van der Waals surface area contributed by atoms with Crippen LogP contribution in [-0.2, 0) is 9.84 Å². The van der Waals surface area contributed by atoms with Crippen molar-refractivity contribution in [1.29, 1.82) is 0 Å². The van der Waals surface area contributed by atoms with E-state index in [9.17, 15) is 13.5 Å². The summed E-state index contributed by atoms with van der Waals surface area (Å²) in [5.74, 6) is 0. The van der Waals surface area contributed by atoms with Crippen molar-refractivity contribution < 1.29 is 13.5 Å². The molecular formula is C10H13ClO3S. The first-order valence-corrected chi connectivity index (χ1v) is 6.77. The van der Waals surface area contributed by atoms with Gasteiger partial charge in [0.1, 0.15) is 0 Å². The molecule has 15 heavy (non-hydrogen) atoms. The summed E-state index contributed by atoms with van der Waals surface area (Å²) in [5.41, 5.74) is 0.616. The number of sulfone groups is 1. The van der Waals surface area contributed by atoms with Gasteiger partial charge in [0.2, 0.25) is 0 Å². The Balaban J connectivity index is 3.01. The highest BCUT2D eigenvalue weighted by atomic mass is 35.5. The summed E-state index contributed by atoms with van der Waals surface area (Å²) >= 11 is 5.72. The molecule has 0 spiro atoms. The number of hydrogen-bond acceptors (Lipinski definition) is 3. The number of alkyl halides is 1. The van der Waals surface area contributed by atoms with E-state index >= 15 is 0 Å². The summed E-state index contributed by atoms with van der Waals surface area (Å²) in [7, 11) is -3.18. The second kappa shape index (κ2) is 4.51. The van der Waals surface area contributed by atoms with Gasteiger partial charge < -0.3 is 5.11 Å². The van der Waals surface area contributed by atoms with Crippen LogP contribution in [0.2, 0.25) is 0 Å². The molecule has 1 N–H and O–H groups in total. The maximum absolute atomic E-state index is 11.2. The van der Waals surface area contributed by atoms with Crippen molar-refractivity contribution in [3.63, 3.8) is 0 Å². The fourth-order valence-corrected chi connectivity index (χ4v) is 1.95. The van der Waals surface area contributed by atoms with Gasteiger partial charge in [0, 0.05) is 6.26 Å². The number of halogens is 1. The van der Waals surface area contributed by atoms with Crippen LogP contribution in [0.5, 0.6) is 0 Å². The van der Waals surface area contributed by atoms with Crippen LogP contribution in [-0.4, -0.2) is 25.2 Å². The molecule has 0 saturated carbocycles. The lowest BCUT2D eigenvalue weighted by Crippen LogP contribution is -2.08. The lowest BCUT2D eigenvalue weighted by atomic mass is 10.1. The van der Waals surface area contributed by atoms with E-state index in [4.69, 9.17) is 11.6 Å². The van der Waals surface area contributed by atoms with Crippen LogP contribution in [0.1, 0.15) is 18.6 Å². The Morgan fingerprint density at radius 3 is 2.07 bits per heavy atom. The van der Waals surface area contributed by atoms with E-state index in [0.717, 1.165) is 6.26 Å². The zero-order valence-corrected chi connectivity index (χ0v) is 10.1. The van der Waals surface area contributed by atoms with E-state index in [1.165, 1.54) is 12.1 Å². The van der Waals surface area contributed by atoms with Crippen LogP contribution >= 0.6 is 11.6 Å². The molecule has 0 heterocycles. The van der Waals surface area contributed by atoms with E-state index in [-0.39, 0.29) is 4.90 Å². The van der Waals surface area contributed by atoms with Gasteiger partial charge in [-0.15, -0.1) is 11.6 Å². The predicted molar refractivity (Wildman–Crippen MR) is 59.8 cm³/mol. The Kier molecular flexibility index (Phi) is 3.76. The third-order valence-corrected chi connectivity index (χ3v) is 3.45. The van der Waals surface area contributed by atoms with Gasteiger partial charge in [-0.2, -0.15) is 0 Å². The fourth-order valence-electron chi connectivity index (χ4n) is 1.18. The maximum Gasteiger partial charge on any atom is 0.175 e. The van der Waals surface area contributed by atoms with Crippen molar-refractivity contribution in [2.45, 2.75) is 23.3 Å². The molecule has 0 amide bonds. The maximum atomic E-state index is 11.2. The molecule has 1 rings (SSSR count). The third kappa shape index (κ3) is 3.19. The molecule has 2 atom stereocenters. The highest BCUT2D eigenvalue weighted by Crippen LogP contribution is 2.21. The molecule has 0 fully saturated rings. The Morgan fingerprint density at radius 1 is 1.27 bits per heavy atom. The minimum Gasteiger partial charge on any atom is -0.387 e. The van der Waals surface area contributed by atoms with Gasteiger partial charge in [0.25, 0.3) is 0 Å². The molecular weight excluding hydrogens is 236 g/mol. The topological polar surface area (TPSA) is 54.4 Å². The van der Waals surface area contributed by atoms with Gasteiger partial charge in [-0.3, -0.25) is 0 Å². The molecule has 0 aliphatic heterocycles. The van der Waals surface area contributed by atoms with Crippen LogP contribution in [0.4, 0.5) is 0 Å². The van der Waals surface area contributed by atoms with Gasteiger partial charge in [0.15, 0.2) is 9.84 Å². The number of aliphatic hydroxyl groups excluding tert-OH is 1.